The summed E-state index contributed by atoms with van der Waals surface area (Å²) in [5.41, 5.74) is 0.905. The van der Waals surface area contributed by atoms with Crippen LogP contribution in [0.3, 0.4) is 0 Å². The van der Waals surface area contributed by atoms with Crippen LogP contribution >= 0.6 is 0 Å². The number of aliphatic hydroxyl groups excluding tert-OH is 1. The maximum Gasteiger partial charge on any atom is 0.251 e. The van der Waals surface area contributed by atoms with E-state index in [-0.39, 0.29) is 18.0 Å². The molecule has 0 bridgehead atoms. The molecule has 3 N–H and O–H groups in total. The van der Waals surface area contributed by atoms with E-state index in [1.165, 1.54) is 0 Å². The van der Waals surface area contributed by atoms with Gasteiger partial charge in [-0.25, -0.2) is 0 Å². The van der Waals surface area contributed by atoms with E-state index in [1.54, 1.807) is 0 Å². The first kappa shape index (κ1) is 15.7. The van der Waals surface area contributed by atoms with Gasteiger partial charge in [0.15, 0.2) is 6.10 Å². The molecule has 106 valence electrons. The molecule has 0 radical (unpaired) electrons. The average molecular weight is 264 g/mol. The van der Waals surface area contributed by atoms with Gasteiger partial charge >= 0.3 is 0 Å². The average Bonchev–Trinajstić information content (AvgIpc) is 2.35. The number of carbonyl (C=O) groups is 1. The maximum atomic E-state index is 11.9. The van der Waals surface area contributed by atoms with Crippen molar-refractivity contribution >= 4 is 5.91 Å². The van der Waals surface area contributed by atoms with Gasteiger partial charge in [-0.15, -0.1) is 0 Å². The van der Waals surface area contributed by atoms with Gasteiger partial charge in [0.2, 0.25) is 0 Å². The van der Waals surface area contributed by atoms with Crippen LogP contribution in [0.4, 0.5) is 0 Å². The third kappa shape index (κ3) is 5.01. The fourth-order valence-corrected chi connectivity index (χ4v) is 1.91. The van der Waals surface area contributed by atoms with Crippen molar-refractivity contribution in [1.82, 2.24) is 10.6 Å². The Labute approximate surface area is 115 Å². The highest BCUT2D eigenvalue weighted by atomic mass is 16.3. The van der Waals surface area contributed by atoms with Gasteiger partial charge in [-0.2, -0.15) is 0 Å². The van der Waals surface area contributed by atoms with Crippen LogP contribution in [-0.4, -0.2) is 29.2 Å². The topological polar surface area (TPSA) is 61.4 Å². The SMILES string of the molecule is CC(C)NC(=O)[C@H](O)[C@H](NC(C)C)c1ccccc1. The zero-order chi connectivity index (χ0) is 14.4. The lowest BCUT2D eigenvalue weighted by Crippen LogP contribution is -2.47. The molecule has 0 saturated carbocycles. The summed E-state index contributed by atoms with van der Waals surface area (Å²) in [6.45, 7) is 7.72. The number of amides is 1. The summed E-state index contributed by atoms with van der Waals surface area (Å²) in [5.74, 6) is -0.350. The third-order valence-corrected chi connectivity index (χ3v) is 2.69. The second kappa shape index (κ2) is 7.26. The lowest BCUT2D eigenvalue weighted by atomic mass is 9.99. The van der Waals surface area contributed by atoms with E-state index in [9.17, 15) is 9.90 Å². The zero-order valence-electron chi connectivity index (χ0n) is 12.1. The van der Waals surface area contributed by atoms with E-state index in [2.05, 4.69) is 10.6 Å². The molecular weight excluding hydrogens is 240 g/mol. The van der Waals surface area contributed by atoms with Gasteiger partial charge in [-0.05, 0) is 19.4 Å². The van der Waals surface area contributed by atoms with E-state index in [0.717, 1.165) is 5.56 Å². The van der Waals surface area contributed by atoms with Crippen LogP contribution in [0, 0.1) is 0 Å². The van der Waals surface area contributed by atoms with E-state index < -0.39 is 12.1 Å². The Morgan fingerprint density at radius 3 is 2.11 bits per heavy atom. The number of carbonyl (C=O) groups excluding carboxylic acids is 1. The van der Waals surface area contributed by atoms with Gasteiger partial charge in [0, 0.05) is 12.1 Å². The van der Waals surface area contributed by atoms with E-state index >= 15 is 0 Å². The number of nitrogens with one attached hydrogen (secondary N) is 2. The second-order valence-corrected chi connectivity index (χ2v) is 5.32. The molecule has 19 heavy (non-hydrogen) atoms. The van der Waals surface area contributed by atoms with Gasteiger partial charge in [0.25, 0.3) is 5.91 Å². The summed E-state index contributed by atoms with van der Waals surface area (Å²) in [4.78, 5) is 11.9. The number of hydrogen-bond acceptors (Lipinski definition) is 3. The first-order valence-electron chi connectivity index (χ1n) is 6.71. The van der Waals surface area contributed by atoms with Gasteiger partial charge in [0.05, 0.1) is 6.04 Å². The number of hydrogen-bond donors (Lipinski definition) is 3. The Morgan fingerprint density at radius 1 is 1.05 bits per heavy atom. The van der Waals surface area contributed by atoms with Crippen molar-refractivity contribution in [1.29, 1.82) is 0 Å². The monoisotopic (exact) mass is 264 g/mol. The summed E-state index contributed by atoms with van der Waals surface area (Å²) in [7, 11) is 0. The first-order chi connectivity index (χ1) is 8.91. The van der Waals surface area contributed by atoms with Crippen molar-refractivity contribution in [3.05, 3.63) is 35.9 Å². The van der Waals surface area contributed by atoms with Crippen LogP contribution < -0.4 is 10.6 Å². The summed E-state index contributed by atoms with van der Waals surface area (Å²) in [6, 6.07) is 9.31. The van der Waals surface area contributed by atoms with Crippen LogP contribution in [0.1, 0.15) is 39.3 Å². The molecule has 0 fully saturated rings. The normalized spacial score (nSPS) is 14.5. The molecule has 1 amide bonds. The number of benzene rings is 1. The van der Waals surface area contributed by atoms with Gasteiger partial charge < -0.3 is 15.7 Å². The lowest BCUT2D eigenvalue weighted by Gasteiger charge is -2.26. The van der Waals surface area contributed by atoms with E-state index in [0.29, 0.717) is 0 Å². The predicted molar refractivity (Wildman–Crippen MR) is 76.7 cm³/mol. The molecule has 0 unspecified atom stereocenters. The number of aliphatic hydroxyl groups is 1. The molecule has 0 heterocycles. The van der Waals surface area contributed by atoms with E-state index in [1.807, 2.05) is 58.0 Å². The summed E-state index contributed by atoms with van der Waals surface area (Å²) >= 11 is 0. The number of rotatable bonds is 6. The molecule has 0 aliphatic heterocycles. The smallest absolute Gasteiger partial charge is 0.251 e. The van der Waals surface area contributed by atoms with Crippen molar-refractivity contribution in [2.45, 2.75) is 51.9 Å². The Morgan fingerprint density at radius 2 is 1.63 bits per heavy atom. The molecule has 0 aliphatic carbocycles. The first-order valence-corrected chi connectivity index (χ1v) is 6.71. The van der Waals surface area contributed by atoms with Crippen molar-refractivity contribution in [2.75, 3.05) is 0 Å². The highest BCUT2D eigenvalue weighted by Crippen LogP contribution is 2.18. The van der Waals surface area contributed by atoms with Crippen LogP contribution in [0.2, 0.25) is 0 Å². The quantitative estimate of drug-likeness (QED) is 0.731. The zero-order valence-corrected chi connectivity index (χ0v) is 12.1. The summed E-state index contributed by atoms with van der Waals surface area (Å²) in [5, 5.41) is 16.2. The van der Waals surface area contributed by atoms with Crippen molar-refractivity contribution < 1.29 is 9.90 Å². The highest BCUT2D eigenvalue weighted by Gasteiger charge is 2.28. The molecule has 0 aromatic heterocycles. The van der Waals surface area contributed by atoms with E-state index in [4.69, 9.17) is 0 Å². The van der Waals surface area contributed by atoms with Crippen LogP contribution in [0.25, 0.3) is 0 Å². The second-order valence-electron chi connectivity index (χ2n) is 5.32. The molecule has 0 saturated heterocycles. The minimum atomic E-state index is -1.10. The predicted octanol–water partition coefficient (Wildman–Crippen LogP) is 1.61. The maximum absolute atomic E-state index is 11.9. The van der Waals surface area contributed by atoms with Crippen LogP contribution in [0.5, 0.6) is 0 Å². The Kier molecular flexibility index (Phi) is 5.99. The molecule has 1 rings (SSSR count). The van der Waals surface area contributed by atoms with Crippen molar-refractivity contribution in [3.8, 4) is 0 Å². The largest absolute Gasteiger partial charge is 0.381 e. The van der Waals surface area contributed by atoms with Gasteiger partial charge in [-0.3, -0.25) is 4.79 Å². The summed E-state index contributed by atoms with van der Waals surface area (Å²) in [6.07, 6.45) is -1.10. The standard InChI is InChI=1S/C15H24N2O2/c1-10(2)16-13(12-8-6-5-7-9-12)14(18)15(19)17-11(3)4/h5-11,13-14,16,18H,1-4H3,(H,17,19)/t13-,14-/m1/s1. The van der Waals surface area contributed by atoms with Gasteiger partial charge in [-0.1, -0.05) is 44.2 Å². The van der Waals surface area contributed by atoms with Crippen molar-refractivity contribution in [2.24, 2.45) is 0 Å². The summed E-state index contributed by atoms with van der Waals surface area (Å²) < 4.78 is 0. The lowest BCUT2D eigenvalue weighted by molar-refractivity contribution is -0.131. The Bertz CT molecular complexity index is 390. The van der Waals surface area contributed by atoms with Crippen LogP contribution in [-0.2, 0) is 4.79 Å². The Hall–Kier alpha value is -1.39. The molecule has 2 atom stereocenters. The fourth-order valence-electron chi connectivity index (χ4n) is 1.91. The van der Waals surface area contributed by atoms with Gasteiger partial charge in [0.1, 0.15) is 0 Å². The molecule has 1 aromatic rings. The molecular formula is C15H24N2O2. The highest BCUT2D eigenvalue weighted by molar-refractivity contribution is 5.81. The third-order valence-electron chi connectivity index (χ3n) is 2.69. The van der Waals surface area contributed by atoms with Crippen LogP contribution in [0.15, 0.2) is 30.3 Å². The molecule has 0 spiro atoms. The van der Waals surface area contributed by atoms with Crippen molar-refractivity contribution in [3.63, 3.8) is 0 Å². The molecule has 4 heteroatoms. The fraction of sp³-hybridized carbons (Fsp3) is 0.533. The Balaban J connectivity index is 2.88. The minimum Gasteiger partial charge on any atom is -0.381 e. The molecule has 4 nitrogen and oxygen atoms in total. The molecule has 0 aliphatic rings. The molecule has 1 aromatic carbocycles. The minimum absolute atomic E-state index is 0.0117.